The van der Waals surface area contributed by atoms with Gasteiger partial charge in [0.05, 0.1) is 11.4 Å². The van der Waals surface area contributed by atoms with Crippen LogP contribution in [0.5, 0.6) is 0 Å². The smallest absolute Gasteiger partial charge is 0.110 e. The van der Waals surface area contributed by atoms with Gasteiger partial charge in [0.15, 0.2) is 0 Å². The van der Waals surface area contributed by atoms with Gasteiger partial charge < -0.3 is 0 Å². The number of hydrogen-bond acceptors (Lipinski definition) is 2. The Morgan fingerprint density at radius 3 is 2.88 bits per heavy atom. The number of hydrogen-bond donors (Lipinski definition) is 0. The first-order chi connectivity index (χ1) is 8.04. The summed E-state index contributed by atoms with van der Waals surface area (Å²) in [5, 5.41) is 9.32. The molecule has 2 aliphatic carbocycles. The van der Waals surface area contributed by atoms with Gasteiger partial charge in [0.2, 0.25) is 0 Å². The van der Waals surface area contributed by atoms with Crippen LogP contribution in [0.2, 0.25) is 5.31 Å². The van der Waals surface area contributed by atoms with Gasteiger partial charge in [-0.25, -0.2) is 4.68 Å². The van der Waals surface area contributed by atoms with E-state index in [-0.39, 0.29) is 0 Å². The van der Waals surface area contributed by atoms with Crippen LogP contribution >= 0.6 is 0 Å². The first-order valence-electron chi connectivity index (χ1n) is 6.97. The van der Waals surface area contributed by atoms with Crippen LogP contribution in [-0.4, -0.2) is 22.8 Å². The highest BCUT2D eigenvalue weighted by Gasteiger charge is 2.56. The van der Waals surface area contributed by atoms with Crippen molar-refractivity contribution >= 4 is 7.85 Å². The normalized spacial score (nSPS) is 36.0. The Bertz CT molecular complexity index is 440. The molecule has 3 rings (SSSR count). The van der Waals surface area contributed by atoms with Crippen LogP contribution in [-0.2, 0) is 12.8 Å². The predicted octanol–water partition coefficient (Wildman–Crippen LogP) is 1.80. The topological polar surface area (TPSA) is 30.7 Å². The number of nitrogens with zero attached hydrogens (tertiary/aromatic N) is 3. The molecule has 1 aromatic heterocycles. The number of aromatic nitrogens is 3. The highest BCUT2D eigenvalue weighted by molar-refractivity contribution is 6.18. The largest absolute Gasteiger partial charge is 0.247 e. The summed E-state index contributed by atoms with van der Waals surface area (Å²) in [6.45, 7) is 6.80. The summed E-state index contributed by atoms with van der Waals surface area (Å²) in [5.41, 5.74) is 2.67. The van der Waals surface area contributed by atoms with E-state index < -0.39 is 0 Å². The first-order valence-corrected chi connectivity index (χ1v) is 6.97. The van der Waals surface area contributed by atoms with Gasteiger partial charge in [-0.15, -0.1) is 5.10 Å². The van der Waals surface area contributed by atoms with Crippen LogP contribution in [0.4, 0.5) is 0 Å². The van der Waals surface area contributed by atoms with Crippen molar-refractivity contribution in [2.75, 3.05) is 0 Å². The maximum atomic E-state index is 4.39. The third kappa shape index (κ3) is 1.56. The van der Waals surface area contributed by atoms with E-state index in [1.165, 1.54) is 24.2 Å². The predicted molar refractivity (Wildman–Crippen MR) is 70.9 cm³/mol. The summed E-state index contributed by atoms with van der Waals surface area (Å²) in [6.07, 6.45) is 4.91. The second-order valence-corrected chi connectivity index (χ2v) is 6.46. The minimum atomic E-state index is 0.436. The summed E-state index contributed by atoms with van der Waals surface area (Å²) >= 11 is 0. The van der Waals surface area contributed by atoms with Crippen molar-refractivity contribution in [1.82, 2.24) is 15.0 Å². The van der Waals surface area contributed by atoms with Crippen LogP contribution in [0.25, 0.3) is 0 Å². The molecule has 0 bridgehead atoms. The molecular formula is C13H22BN3. The zero-order chi connectivity index (χ0) is 12.2. The number of fused-ring (bicyclic) bond motifs is 2. The van der Waals surface area contributed by atoms with Crippen LogP contribution in [0.15, 0.2) is 0 Å². The molecule has 17 heavy (non-hydrogen) atoms. The molecule has 1 saturated carbocycles. The molecule has 0 radical (unpaired) electrons. The van der Waals surface area contributed by atoms with Crippen molar-refractivity contribution in [2.45, 2.75) is 57.8 Å². The van der Waals surface area contributed by atoms with Crippen molar-refractivity contribution in [1.29, 1.82) is 0 Å². The minimum Gasteiger partial charge on any atom is -0.247 e. The maximum absolute atomic E-state index is 4.39. The quantitative estimate of drug-likeness (QED) is 0.690. The molecule has 0 aromatic carbocycles. The van der Waals surface area contributed by atoms with Crippen molar-refractivity contribution < 1.29 is 0 Å². The lowest BCUT2D eigenvalue weighted by atomic mass is 9.74. The molecule has 4 heteroatoms. The van der Waals surface area contributed by atoms with E-state index in [0.29, 0.717) is 11.4 Å². The highest BCUT2D eigenvalue weighted by Crippen LogP contribution is 2.67. The van der Waals surface area contributed by atoms with Gasteiger partial charge in [0.25, 0.3) is 0 Å². The Morgan fingerprint density at radius 2 is 2.18 bits per heavy atom. The molecule has 3 atom stereocenters. The fourth-order valence-corrected chi connectivity index (χ4v) is 3.80. The van der Waals surface area contributed by atoms with Gasteiger partial charge in [-0.2, -0.15) is 0 Å². The monoisotopic (exact) mass is 231 g/mol. The molecule has 0 spiro atoms. The Balaban J connectivity index is 1.89. The van der Waals surface area contributed by atoms with Crippen LogP contribution < -0.4 is 0 Å². The van der Waals surface area contributed by atoms with E-state index in [4.69, 9.17) is 0 Å². The van der Waals surface area contributed by atoms with E-state index in [1.807, 2.05) is 0 Å². The summed E-state index contributed by atoms with van der Waals surface area (Å²) in [7, 11) is 2.47. The van der Waals surface area contributed by atoms with E-state index in [1.54, 1.807) is 0 Å². The van der Waals surface area contributed by atoms with Gasteiger partial charge in [-0.05, 0) is 51.4 Å². The molecule has 0 amide bonds. The molecular weight excluding hydrogens is 209 g/mol. The van der Waals surface area contributed by atoms with Gasteiger partial charge >= 0.3 is 0 Å². The highest BCUT2D eigenvalue weighted by atomic mass is 15.4. The number of aryl methyl sites for hydroxylation is 1. The van der Waals surface area contributed by atoms with Crippen molar-refractivity contribution in [3.05, 3.63) is 11.4 Å². The zero-order valence-corrected chi connectivity index (χ0v) is 11.4. The fraction of sp³-hybridized carbons (Fsp3) is 0.846. The summed E-state index contributed by atoms with van der Waals surface area (Å²) in [4.78, 5) is 0. The Labute approximate surface area is 104 Å². The average Bonchev–Trinajstić information content (AvgIpc) is 2.62. The van der Waals surface area contributed by atoms with E-state index in [0.717, 1.165) is 24.7 Å². The maximum Gasteiger partial charge on any atom is 0.110 e. The second-order valence-electron chi connectivity index (χ2n) is 6.46. The molecule has 1 heterocycles. The Hall–Kier alpha value is -0.795. The third-order valence-corrected chi connectivity index (χ3v) is 5.33. The molecule has 1 fully saturated rings. The standard InChI is InChI=1S/C13H22BN3/c1-8(2)17-12-6-7-13(14)9(3)10(13)4-5-11(12)15-16-17/h8-10H,4-7,14H2,1-3H3. The molecule has 1 aromatic rings. The SMILES string of the molecule is BC12CCc3c(nnn3C(C)C)CCC1C2C. The van der Waals surface area contributed by atoms with Gasteiger partial charge in [-0.3, -0.25) is 0 Å². The molecule has 0 N–H and O–H groups in total. The summed E-state index contributed by atoms with van der Waals surface area (Å²) < 4.78 is 2.13. The minimum absolute atomic E-state index is 0.436. The van der Waals surface area contributed by atoms with Gasteiger partial charge in [0, 0.05) is 6.04 Å². The Morgan fingerprint density at radius 1 is 1.41 bits per heavy atom. The van der Waals surface area contributed by atoms with Crippen LogP contribution in [0.1, 0.15) is 51.0 Å². The van der Waals surface area contributed by atoms with Crippen LogP contribution in [0, 0.1) is 11.8 Å². The van der Waals surface area contributed by atoms with E-state index >= 15 is 0 Å². The lowest BCUT2D eigenvalue weighted by Crippen LogP contribution is -2.12. The van der Waals surface area contributed by atoms with Gasteiger partial charge in [-0.1, -0.05) is 17.5 Å². The van der Waals surface area contributed by atoms with E-state index in [9.17, 15) is 0 Å². The lowest BCUT2D eigenvalue weighted by molar-refractivity contribution is 0.483. The third-order valence-electron chi connectivity index (χ3n) is 5.33. The summed E-state index contributed by atoms with van der Waals surface area (Å²) in [5.74, 6) is 1.84. The van der Waals surface area contributed by atoms with E-state index in [2.05, 4.69) is 43.6 Å². The molecule has 3 nitrogen and oxygen atoms in total. The summed E-state index contributed by atoms with van der Waals surface area (Å²) in [6, 6.07) is 0.436. The first kappa shape index (κ1) is 11.3. The fourth-order valence-electron chi connectivity index (χ4n) is 3.80. The van der Waals surface area contributed by atoms with Crippen LogP contribution in [0.3, 0.4) is 0 Å². The van der Waals surface area contributed by atoms with Crippen molar-refractivity contribution in [2.24, 2.45) is 11.8 Å². The number of rotatable bonds is 1. The average molecular weight is 231 g/mol. The lowest BCUT2D eigenvalue weighted by Gasteiger charge is -2.17. The Kier molecular flexibility index (Phi) is 2.39. The van der Waals surface area contributed by atoms with Crippen molar-refractivity contribution in [3.8, 4) is 0 Å². The molecule has 2 aliphatic rings. The molecule has 0 aliphatic heterocycles. The van der Waals surface area contributed by atoms with Gasteiger partial charge in [0.1, 0.15) is 7.85 Å². The van der Waals surface area contributed by atoms with Crippen molar-refractivity contribution in [3.63, 3.8) is 0 Å². The molecule has 3 unspecified atom stereocenters. The molecule has 92 valence electrons. The molecule has 0 saturated heterocycles. The second kappa shape index (κ2) is 3.60. The zero-order valence-electron chi connectivity index (χ0n) is 11.4.